The number of aromatic nitrogens is 2. The van der Waals surface area contributed by atoms with Gasteiger partial charge in [0.1, 0.15) is 0 Å². The summed E-state index contributed by atoms with van der Waals surface area (Å²) in [5, 5.41) is 8.62. The smallest absolute Gasteiger partial charge is 0.267 e. The number of aryl methyl sites for hydroxylation is 2. The van der Waals surface area contributed by atoms with Crippen molar-refractivity contribution in [2.24, 2.45) is 0 Å². The molecule has 0 bridgehead atoms. The molecule has 0 spiro atoms. The summed E-state index contributed by atoms with van der Waals surface area (Å²) in [6.07, 6.45) is 2.88. The van der Waals surface area contributed by atoms with Crippen LogP contribution in [0.4, 0.5) is 0 Å². The van der Waals surface area contributed by atoms with Gasteiger partial charge < -0.3 is 0 Å². The second-order valence-electron chi connectivity index (χ2n) is 5.43. The van der Waals surface area contributed by atoms with Crippen LogP contribution in [0.1, 0.15) is 32.4 Å². The number of rotatable bonds is 4. The first kappa shape index (κ1) is 13.8. The second kappa shape index (κ2) is 5.68. The van der Waals surface area contributed by atoms with E-state index in [2.05, 4.69) is 37.1 Å². The zero-order chi connectivity index (χ0) is 14.8. The number of benzene rings is 2. The largest absolute Gasteiger partial charge is 0.274 e. The van der Waals surface area contributed by atoms with Gasteiger partial charge >= 0.3 is 0 Å². The normalized spacial score (nSPS) is 11.3. The predicted octanol–water partition coefficient (Wildman–Crippen LogP) is 3.91. The summed E-state index contributed by atoms with van der Waals surface area (Å²) in [5.74, 6) is 0. The van der Waals surface area contributed by atoms with Crippen molar-refractivity contribution < 1.29 is 0 Å². The highest BCUT2D eigenvalue weighted by atomic mass is 16.1. The topological polar surface area (TPSA) is 34.9 Å². The van der Waals surface area contributed by atoms with Gasteiger partial charge in [-0.15, -0.1) is 0 Å². The molecule has 0 radical (unpaired) electrons. The lowest BCUT2D eigenvalue weighted by atomic mass is 10.0. The van der Waals surface area contributed by atoms with Gasteiger partial charge in [0, 0.05) is 11.9 Å². The quantitative estimate of drug-likeness (QED) is 0.679. The van der Waals surface area contributed by atoms with Gasteiger partial charge in [-0.2, -0.15) is 5.10 Å². The van der Waals surface area contributed by atoms with E-state index in [1.54, 1.807) is 4.68 Å². The van der Waals surface area contributed by atoms with Gasteiger partial charge in [0.15, 0.2) is 0 Å². The van der Waals surface area contributed by atoms with Crippen molar-refractivity contribution >= 4 is 21.5 Å². The van der Waals surface area contributed by atoms with Crippen molar-refractivity contribution in [2.45, 2.75) is 39.7 Å². The minimum absolute atomic E-state index is 0.0291. The maximum Gasteiger partial charge on any atom is 0.274 e. The molecule has 0 aliphatic heterocycles. The molecule has 1 aromatic heterocycles. The highest BCUT2D eigenvalue weighted by molar-refractivity contribution is 5.98. The Kier molecular flexibility index (Phi) is 3.74. The summed E-state index contributed by atoms with van der Waals surface area (Å²) in [6, 6.07) is 12.3. The maximum absolute atomic E-state index is 12.6. The number of unbranched alkanes of at least 4 members (excludes halogenated alkanes) is 1. The van der Waals surface area contributed by atoms with Crippen LogP contribution in [-0.4, -0.2) is 9.78 Å². The molecule has 0 saturated heterocycles. The monoisotopic (exact) mass is 280 g/mol. The first-order valence-electron chi connectivity index (χ1n) is 7.67. The molecule has 3 heteroatoms. The number of hydrogen-bond donors (Lipinski definition) is 0. The summed E-state index contributed by atoms with van der Waals surface area (Å²) in [7, 11) is 0. The van der Waals surface area contributed by atoms with Gasteiger partial charge in [-0.1, -0.05) is 44.5 Å². The zero-order valence-corrected chi connectivity index (χ0v) is 12.6. The van der Waals surface area contributed by atoms with Crippen molar-refractivity contribution in [2.75, 3.05) is 0 Å². The Hall–Kier alpha value is -2.16. The molecule has 0 unspecified atom stereocenters. The van der Waals surface area contributed by atoms with E-state index in [0.29, 0.717) is 6.54 Å². The third-order valence-electron chi connectivity index (χ3n) is 3.96. The van der Waals surface area contributed by atoms with Crippen molar-refractivity contribution in [3.05, 3.63) is 52.4 Å². The number of hydrogen-bond acceptors (Lipinski definition) is 2. The molecule has 3 nitrogen and oxygen atoms in total. The molecular formula is C18H20N2O. The van der Waals surface area contributed by atoms with Crippen LogP contribution in [-0.2, 0) is 13.0 Å². The molecule has 0 N–H and O–H groups in total. The third-order valence-corrected chi connectivity index (χ3v) is 3.96. The molecule has 3 aromatic rings. The zero-order valence-electron chi connectivity index (χ0n) is 12.6. The fourth-order valence-electron chi connectivity index (χ4n) is 2.76. The molecule has 0 fully saturated rings. The molecular weight excluding hydrogens is 260 g/mol. The SMILES string of the molecule is CCCCn1nc(CC)c2cc3ccccc3cc2c1=O. The Morgan fingerprint density at radius 1 is 1.05 bits per heavy atom. The van der Waals surface area contributed by atoms with Gasteiger partial charge in [0.2, 0.25) is 0 Å². The van der Waals surface area contributed by atoms with E-state index in [-0.39, 0.29) is 5.56 Å². The van der Waals surface area contributed by atoms with E-state index in [0.717, 1.165) is 46.5 Å². The summed E-state index contributed by atoms with van der Waals surface area (Å²) < 4.78 is 1.64. The summed E-state index contributed by atoms with van der Waals surface area (Å²) in [5.41, 5.74) is 1.04. The van der Waals surface area contributed by atoms with Gasteiger partial charge in [-0.3, -0.25) is 4.79 Å². The molecule has 0 saturated carbocycles. The number of fused-ring (bicyclic) bond motifs is 2. The summed E-state index contributed by atoms with van der Waals surface area (Å²) >= 11 is 0. The lowest BCUT2D eigenvalue weighted by Gasteiger charge is -2.10. The Bertz CT molecular complexity index is 849. The average Bonchev–Trinajstić information content (AvgIpc) is 2.53. The first-order chi connectivity index (χ1) is 10.2. The summed E-state index contributed by atoms with van der Waals surface area (Å²) in [6.45, 7) is 4.91. The Morgan fingerprint density at radius 3 is 2.33 bits per heavy atom. The molecule has 108 valence electrons. The molecule has 3 rings (SSSR count). The Balaban J connectivity index is 2.33. The van der Waals surface area contributed by atoms with Gasteiger partial charge in [0.05, 0.1) is 11.1 Å². The van der Waals surface area contributed by atoms with E-state index >= 15 is 0 Å². The van der Waals surface area contributed by atoms with Crippen LogP contribution in [0.3, 0.4) is 0 Å². The molecule has 0 atom stereocenters. The molecule has 0 amide bonds. The Morgan fingerprint density at radius 2 is 1.71 bits per heavy atom. The van der Waals surface area contributed by atoms with Gasteiger partial charge in [-0.25, -0.2) is 4.68 Å². The molecule has 0 aliphatic carbocycles. The van der Waals surface area contributed by atoms with Crippen molar-refractivity contribution in [3.63, 3.8) is 0 Å². The van der Waals surface area contributed by atoms with Crippen molar-refractivity contribution in [1.29, 1.82) is 0 Å². The fourth-order valence-corrected chi connectivity index (χ4v) is 2.76. The van der Waals surface area contributed by atoms with E-state index in [1.165, 1.54) is 0 Å². The van der Waals surface area contributed by atoms with Gasteiger partial charge in [-0.05, 0) is 35.7 Å². The highest BCUT2D eigenvalue weighted by Gasteiger charge is 2.10. The van der Waals surface area contributed by atoms with E-state index in [9.17, 15) is 4.79 Å². The predicted molar refractivity (Wildman–Crippen MR) is 87.8 cm³/mol. The molecule has 1 heterocycles. The first-order valence-corrected chi connectivity index (χ1v) is 7.67. The van der Waals surface area contributed by atoms with Crippen LogP contribution in [0.2, 0.25) is 0 Å². The van der Waals surface area contributed by atoms with E-state index < -0.39 is 0 Å². The minimum Gasteiger partial charge on any atom is -0.267 e. The Labute approximate surface area is 124 Å². The second-order valence-corrected chi connectivity index (χ2v) is 5.43. The third kappa shape index (κ3) is 2.44. The highest BCUT2D eigenvalue weighted by Crippen LogP contribution is 2.22. The van der Waals surface area contributed by atoms with E-state index in [1.807, 2.05) is 18.2 Å². The van der Waals surface area contributed by atoms with Crippen LogP contribution < -0.4 is 5.56 Å². The number of nitrogens with zero attached hydrogens (tertiary/aromatic N) is 2. The average molecular weight is 280 g/mol. The standard InChI is InChI=1S/C18H20N2O/c1-3-5-10-20-18(21)16-12-14-9-7-6-8-13(14)11-15(16)17(4-2)19-20/h6-9,11-12H,3-5,10H2,1-2H3. The molecule has 21 heavy (non-hydrogen) atoms. The fraction of sp³-hybridized carbons (Fsp3) is 0.333. The van der Waals surface area contributed by atoms with E-state index in [4.69, 9.17) is 0 Å². The van der Waals surface area contributed by atoms with Crippen molar-refractivity contribution in [3.8, 4) is 0 Å². The summed E-state index contributed by atoms with van der Waals surface area (Å²) in [4.78, 5) is 12.6. The lowest BCUT2D eigenvalue weighted by Crippen LogP contribution is -2.24. The lowest BCUT2D eigenvalue weighted by molar-refractivity contribution is 0.539. The maximum atomic E-state index is 12.6. The van der Waals surface area contributed by atoms with Crippen LogP contribution in [0.15, 0.2) is 41.2 Å². The van der Waals surface area contributed by atoms with Crippen LogP contribution in [0, 0.1) is 0 Å². The van der Waals surface area contributed by atoms with Crippen LogP contribution >= 0.6 is 0 Å². The van der Waals surface area contributed by atoms with Crippen molar-refractivity contribution in [1.82, 2.24) is 9.78 Å². The van der Waals surface area contributed by atoms with Crippen LogP contribution in [0.5, 0.6) is 0 Å². The molecule has 0 aliphatic rings. The minimum atomic E-state index is 0.0291. The molecule has 2 aromatic carbocycles. The van der Waals surface area contributed by atoms with Gasteiger partial charge in [0.25, 0.3) is 5.56 Å². The van der Waals surface area contributed by atoms with Crippen LogP contribution in [0.25, 0.3) is 21.5 Å².